The molecule has 1 N–H and O–H groups in total. The summed E-state index contributed by atoms with van der Waals surface area (Å²) in [7, 11) is 0. The van der Waals surface area contributed by atoms with Crippen LogP contribution in [0.4, 0.5) is 9.18 Å². The van der Waals surface area contributed by atoms with Crippen molar-refractivity contribution in [3.05, 3.63) is 35.1 Å². The van der Waals surface area contributed by atoms with E-state index in [1.165, 1.54) is 0 Å². The number of amides is 1. The molecule has 5 heteroatoms. The molecule has 1 heterocycles. The summed E-state index contributed by atoms with van der Waals surface area (Å²) in [6, 6.07) is 5.65. The third-order valence-corrected chi connectivity index (χ3v) is 4.63. The number of aryl methyl sites for hydroxylation is 1. The number of nitrogens with zero attached hydrogens (tertiary/aromatic N) is 1. The predicted octanol–water partition coefficient (Wildman–Crippen LogP) is 4.57. The van der Waals surface area contributed by atoms with Gasteiger partial charge in [-0.05, 0) is 77.6 Å². The summed E-state index contributed by atoms with van der Waals surface area (Å²) in [5.41, 5.74) is 1.14. The molecule has 0 spiro atoms. The second-order valence-electron chi connectivity index (χ2n) is 7.94. The normalized spacial score (nSPS) is 19.1. The van der Waals surface area contributed by atoms with E-state index in [4.69, 9.17) is 4.74 Å². The van der Waals surface area contributed by atoms with Crippen molar-refractivity contribution in [1.29, 1.82) is 0 Å². The summed E-state index contributed by atoms with van der Waals surface area (Å²) in [6.45, 7) is 11.0. The number of benzene rings is 1. The van der Waals surface area contributed by atoms with Gasteiger partial charge in [-0.15, -0.1) is 0 Å². The molecule has 2 atom stereocenters. The molecule has 0 aromatic heterocycles. The molecule has 2 rings (SSSR count). The zero-order valence-electron chi connectivity index (χ0n) is 16.1. The van der Waals surface area contributed by atoms with Gasteiger partial charge < -0.3 is 15.0 Å². The molecule has 2 unspecified atom stereocenters. The van der Waals surface area contributed by atoms with Crippen LogP contribution in [0.3, 0.4) is 0 Å². The third-order valence-electron chi connectivity index (χ3n) is 4.63. The lowest BCUT2D eigenvalue weighted by Gasteiger charge is -2.29. The van der Waals surface area contributed by atoms with Crippen molar-refractivity contribution in [2.24, 2.45) is 0 Å². The zero-order valence-corrected chi connectivity index (χ0v) is 16.1. The Labute approximate surface area is 150 Å². The lowest BCUT2D eigenvalue weighted by atomic mass is 10.1. The summed E-state index contributed by atoms with van der Waals surface area (Å²) in [5, 5.41) is 3.43. The van der Waals surface area contributed by atoms with Gasteiger partial charge in [-0.25, -0.2) is 9.18 Å². The van der Waals surface area contributed by atoms with Gasteiger partial charge in [-0.1, -0.05) is 12.1 Å². The molecular weight excluding hydrogens is 319 g/mol. The first kappa shape index (κ1) is 19.7. The molecule has 1 amide bonds. The second kappa shape index (κ2) is 8.17. The largest absolute Gasteiger partial charge is 0.444 e. The van der Waals surface area contributed by atoms with E-state index >= 15 is 0 Å². The highest BCUT2D eigenvalue weighted by atomic mass is 19.1. The van der Waals surface area contributed by atoms with Crippen LogP contribution in [-0.4, -0.2) is 35.7 Å². The van der Waals surface area contributed by atoms with E-state index in [0.717, 1.165) is 37.9 Å². The topological polar surface area (TPSA) is 41.6 Å². The molecule has 0 radical (unpaired) electrons. The van der Waals surface area contributed by atoms with Crippen LogP contribution in [0, 0.1) is 12.7 Å². The van der Waals surface area contributed by atoms with Crippen LogP contribution < -0.4 is 5.32 Å². The molecule has 1 fully saturated rings. The monoisotopic (exact) mass is 350 g/mol. The number of halogens is 1. The molecule has 0 bridgehead atoms. The molecule has 1 aliphatic rings. The number of hydrogen-bond donors (Lipinski definition) is 1. The average molecular weight is 350 g/mol. The molecule has 4 nitrogen and oxygen atoms in total. The molecule has 25 heavy (non-hydrogen) atoms. The van der Waals surface area contributed by atoms with Crippen molar-refractivity contribution >= 4 is 6.09 Å². The molecule has 0 saturated carbocycles. The van der Waals surface area contributed by atoms with E-state index < -0.39 is 5.60 Å². The first-order valence-corrected chi connectivity index (χ1v) is 9.16. The molecule has 1 aromatic carbocycles. The molecule has 1 aromatic rings. The fourth-order valence-corrected chi connectivity index (χ4v) is 3.16. The third kappa shape index (κ3) is 5.70. The van der Waals surface area contributed by atoms with E-state index in [9.17, 15) is 9.18 Å². The number of carbonyl (C=O) groups is 1. The van der Waals surface area contributed by atoms with Gasteiger partial charge in [0.05, 0.1) is 0 Å². The minimum absolute atomic E-state index is 0.0754. The van der Waals surface area contributed by atoms with Gasteiger partial charge in [0.25, 0.3) is 0 Å². The predicted molar refractivity (Wildman–Crippen MR) is 98.1 cm³/mol. The molecule has 1 aliphatic heterocycles. The summed E-state index contributed by atoms with van der Waals surface area (Å²) in [4.78, 5) is 14.2. The van der Waals surface area contributed by atoms with Gasteiger partial charge in [0, 0.05) is 18.6 Å². The number of rotatable bonds is 5. The SMILES string of the molecule is Cc1ccc(C(C)NCCC2CCCN2C(=O)OC(C)(C)C)cc1F. The van der Waals surface area contributed by atoms with E-state index in [0.29, 0.717) is 5.56 Å². The quantitative estimate of drug-likeness (QED) is 0.845. The highest BCUT2D eigenvalue weighted by Crippen LogP contribution is 2.23. The van der Waals surface area contributed by atoms with Crippen molar-refractivity contribution in [3.63, 3.8) is 0 Å². The number of nitrogens with one attached hydrogen (secondary N) is 1. The molecule has 1 saturated heterocycles. The maximum Gasteiger partial charge on any atom is 0.410 e. The van der Waals surface area contributed by atoms with Gasteiger partial charge in [0.1, 0.15) is 11.4 Å². The van der Waals surface area contributed by atoms with Crippen molar-refractivity contribution < 1.29 is 13.9 Å². The standard InChI is InChI=1S/C20H31FN2O2/c1-14-8-9-16(13-18(14)21)15(2)22-11-10-17-7-6-12-23(17)19(24)25-20(3,4)5/h8-9,13,15,17,22H,6-7,10-12H2,1-5H3. The van der Waals surface area contributed by atoms with Crippen LogP contribution >= 0.6 is 0 Å². The minimum Gasteiger partial charge on any atom is -0.444 e. The number of carbonyl (C=O) groups excluding carboxylic acids is 1. The maximum absolute atomic E-state index is 13.7. The Morgan fingerprint density at radius 2 is 2.16 bits per heavy atom. The van der Waals surface area contributed by atoms with E-state index in [-0.39, 0.29) is 24.0 Å². The zero-order chi connectivity index (χ0) is 18.6. The smallest absolute Gasteiger partial charge is 0.410 e. The summed E-state index contributed by atoms with van der Waals surface area (Å²) in [6.07, 6.45) is 2.68. The number of hydrogen-bond acceptors (Lipinski definition) is 3. The Kier molecular flexibility index (Phi) is 6.44. The first-order chi connectivity index (χ1) is 11.7. The highest BCUT2D eigenvalue weighted by molar-refractivity contribution is 5.68. The van der Waals surface area contributed by atoms with Crippen molar-refractivity contribution in [2.75, 3.05) is 13.1 Å². The molecule has 140 valence electrons. The molecule has 0 aliphatic carbocycles. The Hall–Kier alpha value is -1.62. The van der Waals surface area contributed by atoms with Crippen molar-refractivity contribution in [1.82, 2.24) is 10.2 Å². The Balaban J connectivity index is 1.83. The van der Waals surface area contributed by atoms with Gasteiger partial charge in [-0.2, -0.15) is 0 Å². The van der Waals surface area contributed by atoms with E-state index in [1.54, 1.807) is 13.0 Å². The fraction of sp³-hybridized carbons (Fsp3) is 0.650. The summed E-state index contributed by atoms with van der Waals surface area (Å²) >= 11 is 0. The van der Waals surface area contributed by atoms with Crippen LogP contribution in [0.5, 0.6) is 0 Å². The van der Waals surface area contributed by atoms with Gasteiger partial charge in [-0.3, -0.25) is 0 Å². The minimum atomic E-state index is -0.466. The van der Waals surface area contributed by atoms with Crippen LogP contribution in [0.1, 0.15) is 64.1 Å². The summed E-state index contributed by atoms with van der Waals surface area (Å²) in [5.74, 6) is -0.168. The van der Waals surface area contributed by atoms with E-state index in [1.807, 2.05) is 44.7 Å². The Morgan fingerprint density at radius 1 is 1.44 bits per heavy atom. The average Bonchev–Trinajstić information content (AvgIpc) is 2.97. The molecular formula is C20H31FN2O2. The summed E-state index contributed by atoms with van der Waals surface area (Å²) < 4.78 is 19.2. The van der Waals surface area contributed by atoms with Gasteiger partial charge in [0.15, 0.2) is 0 Å². The Morgan fingerprint density at radius 3 is 2.80 bits per heavy atom. The first-order valence-electron chi connectivity index (χ1n) is 9.16. The number of ether oxygens (including phenoxy) is 1. The van der Waals surface area contributed by atoms with Gasteiger partial charge in [0.2, 0.25) is 0 Å². The fourth-order valence-electron chi connectivity index (χ4n) is 3.16. The van der Waals surface area contributed by atoms with Gasteiger partial charge >= 0.3 is 6.09 Å². The Bertz CT molecular complexity index is 598. The van der Waals surface area contributed by atoms with E-state index in [2.05, 4.69) is 5.32 Å². The number of likely N-dealkylation sites (tertiary alicyclic amines) is 1. The van der Waals surface area contributed by atoms with Crippen molar-refractivity contribution in [3.8, 4) is 0 Å². The lowest BCUT2D eigenvalue weighted by molar-refractivity contribution is 0.0220. The van der Waals surface area contributed by atoms with Crippen LogP contribution in [0.2, 0.25) is 0 Å². The van der Waals surface area contributed by atoms with Crippen molar-refractivity contribution in [2.45, 2.75) is 71.6 Å². The van der Waals surface area contributed by atoms with Crippen LogP contribution in [0.25, 0.3) is 0 Å². The van der Waals surface area contributed by atoms with Crippen LogP contribution in [-0.2, 0) is 4.74 Å². The highest BCUT2D eigenvalue weighted by Gasteiger charge is 2.31. The second-order valence-corrected chi connectivity index (χ2v) is 7.94. The van der Waals surface area contributed by atoms with Crippen LogP contribution in [0.15, 0.2) is 18.2 Å². The maximum atomic E-state index is 13.7. The lowest BCUT2D eigenvalue weighted by Crippen LogP contribution is -2.41.